The quantitative estimate of drug-likeness (QED) is 0.899. The van der Waals surface area contributed by atoms with E-state index >= 15 is 0 Å². The molecule has 2 amide bonds. The fourth-order valence-corrected chi connectivity index (χ4v) is 3.11. The molecule has 1 unspecified atom stereocenters. The average molecular weight is 334 g/mol. The second-order valence-electron chi connectivity index (χ2n) is 6.52. The number of hydrogen-bond donors (Lipinski definition) is 1. The Kier molecular flexibility index (Phi) is 5.36. The van der Waals surface area contributed by atoms with Gasteiger partial charge in [-0.3, -0.25) is 9.59 Å². The highest BCUT2D eigenvalue weighted by molar-refractivity contribution is 6.01. The van der Waals surface area contributed by atoms with Crippen LogP contribution in [0.25, 0.3) is 0 Å². The molecule has 6 nitrogen and oxygen atoms in total. The fourth-order valence-electron chi connectivity index (χ4n) is 3.11. The molecule has 132 valence electrons. The van der Waals surface area contributed by atoms with Gasteiger partial charge in [-0.25, -0.2) is 0 Å². The van der Waals surface area contributed by atoms with Gasteiger partial charge in [0.25, 0.3) is 0 Å². The van der Waals surface area contributed by atoms with Crippen LogP contribution in [0.4, 0.5) is 5.69 Å². The Balaban J connectivity index is 2.27. The van der Waals surface area contributed by atoms with Gasteiger partial charge in [-0.1, -0.05) is 19.9 Å². The smallest absolute Gasteiger partial charge is 0.250 e. The lowest BCUT2D eigenvalue weighted by molar-refractivity contribution is -0.144. The molecule has 1 heterocycles. The molecule has 0 saturated carbocycles. The van der Waals surface area contributed by atoms with Crippen LogP contribution < -0.4 is 14.8 Å². The van der Waals surface area contributed by atoms with Gasteiger partial charge in [0.05, 0.1) is 19.9 Å². The maximum absolute atomic E-state index is 12.9. The zero-order chi connectivity index (χ0) is 17.9. The van der Waals surface area contributed by atoms with E-state index in [0.717, 1.165) is 6.42 Å². The van der Waals surface area contributed by atoms with Gasteiger partial charge in [-0.05, 0) is 31.9 Å². The summed E-state index contributed by atoms with van der Waals surface area (Å²) >= 11 is 0. The SMILES string of the molecule is COc1cccc(NC(=O)C2(C)CCCN2C(=O)C(C)C)c1OC. The van der Waals surface area contributed by atoms with Gasteiger partial charge in [0.2, 0.25) is 11.8 Å². The van der Waals surface area contributed by atoms with Gasteiger partial charge in [0.1, 0.15) is 5.54 Å². The zero-order valence-electron chi connectivity index (χ0n) is 15.0. The first-order chi connectivity index (χ1) is 11.3. The van der Waals surface area contributed by atoms with E-state index in [2.05, 4.69) is 5.32 Å². The van der Waals surface area contributed by atoms with Crippen molar-refractivity contribution in [3.05, 3.63) is 18.2 Å². The van der Waals surface area contributed by atoms with Gasteiger partial charge in [-0.15, -0.1) is 0 Å². The number of nitrogens with zero attached hydrogens (tertiary/aromatic N) is 1. The number of amides is 2. The molecule has 0 aliphatic carbocycles. The highest BCUT2D eigenvalue weighted by Gasteiger charge is 2.46. The molecule has 1 N–H and O–H groups in total. The van der Waals surface area contributed by atoms with Crippen molar-refractivity contribution >= 4 is 17.5 Å². The monoisotopic (exact) mass is 334 g/mol. The van der Waals surface area contributed by atoms with Crippen molar-refractivity contribution in [2.45, 2.75) is 39.2 Å². The Morgan fingerprint density at radius 3 is 2.54 bits per heavy atom. The first kappa shape index (κ1) is 18.1. The summed E-state index contributed by atoms with van der Waals surface area (Å²) in [5.74, 6) is 0.670. The molecule has 0 bridgehead atoms. The molecule has 24 heavy (non-hydrogen) atoms. The Morgan fingerprint density at radius 2 is 1.96 bits per heavy atom. The number of likely N-dealkylation sites (tertiary alicyclic amines) is 1. The summed E-state index contributed by atoms with van der Waals surface area (Å²) in [4.78, 5) is 27.1. The maximum Gasteiger partial charge on any atom is 0.250 e. The highest BCUT2D eigenvalue weighted by atomic mass is 16.5. The molecule has 0 spiro atoms. The van der Waals surface area contributed by atoms with Crippen LogP contribution in [0.3, 0.4) is 0 Å². The number of nitrogens with one attached hydrogen (secondary N) is 1. The maximum atomic E-state index is 12.9. The molecule has 6 heteroatoms. The van der Waals surface area contributed by atoms with Gasteiger partial charge in [0.15, 0.2) is 11.5 Å². The lowest BCUT2D eigenvalue weighted by Crippen LogP contribution is -2.54. The van der Waals surface area contributed by atoms with Crippen molar-refractivity contribution in [3.8, 4) is 11.5 Å². The summed E-state index contributed by atoms with van der Waals surface area (Å²) in [5, 5.41) is 2.90. The third-order valence-corrected chi connectivity index (χ3v) is 4.54. The van der Waals surface area contributed by atoms with Crippen molar-refractivity contribution in [2.24, 2.45) is 5.92 Å². The van der Waals surface area contributed by atoms with E-state index in [9.17, 15) is 9.59 Å². The van der Waals surface area contributed by atoms with Gasteiger partial charge in [-0.2, -0.15) is 0 Å². The summed E-state index contributed by atoms with van der Waals surface area (Å²) in [5.41, 5.74) is -0.318. The van der Waals surface area contributed by atoms with Crippen LogP contribution in [0, 0.1) is 5.92 Å². The van der Waals surface area contributed by atoms with Crippen molar-refractivity contribution < 1.29 is 19.1 Å². The van der Waals surface area contributed by atoms with Crippen LogP contribution in [-0.2, 0) is 9.59 Å². The molecule has 1 aliphatic heterocycles. The van der Waals surface area contributed by atoms with E-state index in [1.54, 1.807) is 30.2 Å². The van der Waals surface area contributed by atoms with Crippen molar-refractivity contribution in [2.75, 3.05) is 26.1 Å². The van der Waals surface area contributed by atoms with Crippen molar-refractivity contribution in [1.29, 1.82) is 0 Å². The number of carbonyl (C=O) groups excluding carboxylic acids is 2. The van der Waals surface area contributed by atoms with E-state index in [1.165, 1.54) is 7.11 Å². The molecule has 1 atom stereocenters. The molecule has 0 aromatic heterocycles. The third-order valence-electron chi connectivity index (χ3n) is 4.54. The lowest BCUT2D eigenvalue weighted by Gasteiger charge is -2.35. The topological polar surface area (TPSA) is 67.9 Å². The molecule has 1 saturated heterocycles. The Labute approximate surface area is 143 Å². The Hall–Kier alpha value is -2.24. The van der Waals surface area contributed by atoms with Crippen molar-refractivity contribution in [3.63, 3.8) is 0 Å². The molecule has 1 fully saturated rings. The molecule has 1 aliphatic rings. The standard InChI is InChI=1S/C18H26N2O4/c1-12(2)16(21)20-11-7-10-18(20,3)17(22)19-13-8-6-9-14(23-4)15(13)24-5/h6,8-9,12H,7,10-11H2,1-5H3,(H,19,22). The molecule has 1 aromatic carbocycles. The van der Waals surface area contributed by atoms with E-state index < -0.39 is 5.54 Å². The highest BCUT2D eigenvalue weighted by Crippen LogP contribution is 2.37. The van der Waals surface area contributed by atoms with Crippen LogP contribution in [0.5, 0.6) is 11.5 Å². The van der Waals surface area contributed by atoms with Gasteiger partial charge < -0.3 is 19.7 Å². The molecule has 0 radical (unpaired) electrons. The predicted molar refractivity (Wildman–Crippen MR) is 92.4 cm³/mol. The minimum Gasteiger partial charge on any atom is -0.493 e. The summed E-state index contributed by atoms with van der Waals surface area (Å²) in [6.45, 7) is 6.13. The normalized spacial score (nSPS) is 20.2. The van der Waals surface area contributed by atoms with E-state index in [4.69, 9.17) is 9.47 Å². The largest absolute Gasteiger partial charge is 0.493 e. The first-order valence-corrected chi connectivity index (χ1v) is 8.19. The summed E-state index contributed by atoms with van der Waals surface area (Å²) < 4.78 is 10.6. The van der Waals surface area contributed by atoms with Crippen molar-refractivity contribution in [1.82, 2.24) is 4.90 Å². The van der Waals surface area contributed by atoms with E-state index in [0.29, 0.717) is 30.2 Å². The van der Waals surface area contributed by atoms with Crippen LogP contribution in [0.15, 0.2) is 18.2 Å². The zero-order valence-corrected chi connectivity index (χ0v) is 15.0. The summed E-state index contributed by atoms with van der Waals surface area (Å²) in [6.07, 6.45) is 1.46. The average Bonchev–Trinajstić information content (AvgIpc) is 2.96. The number of rotatable bonds is 5. The fraction of sp³-hybridized carbons (Fsp3) is 0.556. The van der Waals surface area contributed by atoms with Crippen LogP contribution >= 0.6 is 0 Å². The summed E-state index contributed by atoms with van der Waals surface area (Å²) in [7, 11) is 3.07. The predicted octanol–water partition coefficient (Wildman–Crippen LogP) is 2.68. The first-order valence-electron chi connectivity index (χ1n) is 8.19. The number of methoxy groups -OCH3 is 2. The molecular weight excluding hydrogens is 308 g/mol. The second kappa shape index (κ2) is 7.11. The third kappa shape index (κ3) is 3.18. The Morgan fingerprint density at radius 1 is 1.25 bits per heavy atom. The molecule has 2 rings (SSSR count). The lowest BCUT2D eigenvalue weighted by atomic mass is 9.96. The number of hydrogen-bond acceptors (Lipinski definition) is 4. The van der Waals surface area contributed by atoms with Gasteiger partial charge >= 0.3 is 0 Å². The van der Waals surface area contributed by atoms with Gasteiger partial charge in [0, 0.05) is 12.5 Å². The number of para-hydroxylation sites is 1. The molecule has 1 aromatic rings. The number of carbonyl (C=O) groups is 2. The van der Waals surface area contributed by atoms with E-state index in [1.807, 2.05) is 20.8 Å². The number of anilines is 1. The summed E-state index contributed by atoms with van der Waals surface area (Å²) in [6, 6.07) is 5.30. The minimum absolute atomic E-state index is 0.00255. The van der Waals surface area contributed by atoms with Crippen LogP contribution in [0.2, 0.25) is 0 Å². The number of ether oxygens (including phenoxy) is 2. The molecular formula is C18H26N2O4. The van der Waals surface area contributed by atoms with Crippen LogP contribution in [-0.4, -0.2) is 43.0 Å². The number of benzene rings is 1. The Bertz CT molecular complexity index is 629. The minimum atomic E-state index is -0.852. The van der Waals surface area contributed by atoms with E-state index in [-0.39, 0.29) is 17.7 Å². The second-order valence-corrected chi connectivity index (χ2v) is 6.52. The van der Waals surface area contributed by atoms with Crippen LogP contribution in [0.1, 0.15) is 33.6 Å².